The van der Waals surface area contributed by atoms with Crippen LogP contribution in [0.2, 0.25) is 0 Å². The summed E-state index contributed by atoms with van der Waals surface area (Å²) in [6, 6.07) is 4.39. The van der Waals surface area contributed by atoms with Crippen LogP contribution in [0.15, 0.2) is 23.1 Å². The van der Waals surface area contributed by atoms with Crippen LogP contribution in [0, 0.1) is 5.82 Å². The first-order chi connectivity index (χ1) is 9.54. The fourth-order valence-electron chi connectivity index (χ4n) is 2.21. The smallest absolute Gasteiger partial charge is 0.266 e. The summed E-state index contributed by atoms with van der Waals surface area (Å²) in [4.78, 5) is 26.0. The molecule has 2 amide bonds. The van der Waals surface area contributed by atoms with Crippen LogP contribution in [0.3, 0.4) is 0 Å². The zero-order valence-corrected chi connectivity index (χ0v) is 12.0. The van der Waals surface area contributed by atoms with Crippen molar-refractivity contribution in [1.82, 2.24) is 4.90 Å². The van der Waals surface area contributed by atoms with Gasteiger partial charge in [-0.1, -0.05) is 36.1 Å². The van der Waals surface area contributed by atoms with E-state index in [2.05, 4.69) is 5.32 Å². The number of rotatable bonds is 1. The second-order valence-electron chi connectivity index (χ2n) is 4.24. The summed E-state index contributed by atoms with van der Waals surface area (Å²) in [6.45, 7) is 2.25. The van der Waals surface area contributed by atoms with Crippen LogP contribution < -0.4 is 5.32 Å². The third kappa shape index (κ3) is 1.77. The quantitative estimate of drug-likeness (QED) is 0.639. The van der Waals surface area contributed by atoms with Gasteiger partial charge in [0.15, 0.2) is 0 Å². The van der Waals surface area contributed by atoms with Crippen molar-refractivity contribution in [3.8, 4) is 0 Å². The van der Waals surface area contributed by atoms with Crippen LogP contribution >= 0.6 is 24.0 Å². The fourth-order valence-corrected chi connectivity index (χ4v) is 3.67. The number of fused-ring (bicyclic) bond motifs is 1. The molecule has 3 rings (SSSR count). The van der Waals surface area contributed by atoms with Crippen LogP contribution in [0.5, 0.6) is 0 Å². The number of amides is 2. The number of thioether (sulfide) groups is 1. The van der Waals surface area contributed by atoms with E-state index in [0.717, 1.165) is 11.8 Å². The number of halogens is 1. The molecule has 1 fully saturated rings. The maximum absolute atomic E-state index is 13.7. The zero-order valence-electron chi connectivity index (χ0n) is 10.4. The number of thiocarbonyl (C=S) groups is 1. The second-order valence-corrected chi connectivity index (χ2v) is 5.88. The predicted molar refractivity (Wildman–Crippen MR) is 79.5 cm³/mol. The number of hydrogen-bond acceptors (Lipinski definition) is 4. The molecule has 7 heteroatoms. The molecule has 2 aliphatic heterocycles. The van der Waals surface area contributed by atoms with Gasteiger partial charge in [0, 0.05) is 12.1 Å². The molecule has 0 unspecified atom stereocenters. The topological polar surface area (TPSA) is 49.4 Å². The Kier molecular flexibility index (Phi) is 3.10. The normalized spacial score (nSPS) is 21.5. The molecular weight excluding hydrogens is 299 g/mol. The number of carbonyl (C=O) groups is 2. The lowest BCUT2D eigenvalue weighted by Crippen LogP contribution is -2.27. The lowest BCUT2D eigenvalue weighted by Gasteiger charge is -2.09. The third-order valence-corrected chi connectivity index (χ3v) is 4.59. The number of nitrogens with one attached hydrogen (secondary N) is 1. The van der Waals surface area contributed by atoms with Crippen molar-refractivity contribution < 1.29 is 14.0 Å². The third-order valence-electron chi connectivity index (χ3n) is 3.14. The van der Waals surface area contributed by atoms with Crippen molar-refractivity contribution in [2.75, 3.05) is 11.9 Å². The highest BCUT2D eigenvalue weighted by atomic mass is 32.2. The molecule has 2 aliphatic rings. The molecule has 0 saturated carbocycles. The Morgan fingerprint density at radius 1 is 1.40 bits per heavy atom. The molecule has 2 heterocycles. The van der Waals surface area contributed by atoms with Gasteiger partial charge in [-0.25, -0.2) is 4.39 Å². The van der Waals surface area contributed by atoms with Gasteiger partial charge < -0.3 is 5.32 Å². The van der Waals surface area contributed by atoms with E-state index in [0.29, 0.717) is 16.4 Å². The first kappa shape index (κ1) is 13.3. The summed E-state index contributed by atoms with van der Waals surface area (Å²) in [5.74, 6) is -1.29. The van der Waals surface area contributed by atoms with E-state index in [9.17, 15) is 14.0 Å². The van der Waals surface area contributed by atoms with E-state index in [-0.39, 0.29) is 22.1 Å². The van der Waals surface area contributed by atoms with E-state index >= 15 is 0 Å². The molecule has 1 N–H and O–H groups in total. The zero-order chi connectivity index (χ0) is 14.4. The van der Waals surface area contributed by atoms with Crippen molar-refractivity contribution >= 4 is 51.4 Å². The molecular formula is C13H9FN2O2S2. The van der Waals surface area contributed by atoms with Crippen molar-refractivity contribution in [2.45, 2.75) is 6.92 Å². The van der Waals surface area contributed by atoms with Crippen molar-refractivity contribution in [2.24, 2.45) is 0 Å². The molecule has 0 atom stereocenters. The minimum Gasteiger partial charge on any atom is -0.319 e. The minimum atomic E-state index is -0.517. The Hall–Kier alpha value is -1.73. The molecule has 0 aromatic heterocycles. The second kappa shape index (κ2) is 4.68. The van der Waals surface area contributed by atoms with E-state index in [1.807, 2.05) is 0 Å². The molecule has 4 nitrogen and oxygen atoms in total. The van der Waals surface area contributed by atoms with Crippen LogP contribution in [0.1, 0.15) is 12.5 Å². The van der Waals surface area contributed by atoms with Gasteiger partial charge in [0.2, 0.25) is 0 Å². The van der Waals surface area contributed by atoms with E-state index in [1.165, 1.54) is 17.0 Å². The Morgan fingerprint density at radius 2 is 2.15 bits per heavy atom. The number of carbonyl (C=O) groups excluding carboxylic acids is 2. The van der Waals surface area contributed by atoms with Gasteiger partial charge in [-0.05, 0) is 13.0 Å². The van der Waals surface area contributed by atoms with Gasteiger partial charge in [-0.3, -0.25) is 14.5 Å². The van der Waals surface area contributed by atoms with Gasteiger partial charge in [-0.15, -0.1) is 0 Å². The monoisotopic (exact) mass is 308 g/mol. The van der Waals surface area contributed by atoms with E-state index in [1.54, 1.807) is 13.0 Å². The summed E-state index contributed by atoms with van der Waals surface area (Å²) < 4.78 is 14.1. The van der Waals surface area contributed by atoms with Gasteiger partial charge in [0.05, 0.1) is 16.2 Å². The summed E-state index contributed by atoms with van der Waals surface area (Å²) >= 11 is 6.20. The summed E-state index contributed by atoms with van der Waals surface area (Å²) in [5.41, 5.74) is 0.730. The molecule has 102 valence electrons. The minimum absolute atomic E-state index is 0.120. The average Bonchev–Trinajstić information content (AvgIpc) is 2.87. The summed E-state index contributed by atoms with van der Waals surface area (Å²) in [5, 5.41) is 2.46. The molecule has 0 bridgehead atoms. The highest BCUT2D eigenvalue weighted by Crippen LogP contribution is 2.42. The lowest BCUT2D eigenvalue weighted by molar-refractivity contribution is -0.122. The molecule has 0 spiro atoms. The van der Waals surface area contributed by atoms with Gasteiger partial charge in [0.25, 0.3) is 11.8 Å². The number of anilines is 1. The first-order valence-corrected chi connectivity index (χ1v) is 7.15. The van der Waals surface area contributed by atoms with Crippen molar-refractivity contribution in [1.29, 1.82) is 0 Å². The Labute approximate surface area is 124 Å². The van der Waals surface area contributed by atoms with Crippen molar-refractivity contribution in [3.05, 3.63) is 34.5 Å². The highest BCUT2D eigenvalue weighted by Gasteiger charge is 2.39. The molecule has 1 saturated heterocycles. The molecule has 1 aromatic rings. The number of likely N-dealkylation sites (N-methyl/N-ethyl adjacent to an activating group) is 1. The Bertz CT molecular complexity index is 700. The number of para-hydroxylation sites is 1. The predicted octanol–water partition coefficient (Wildman–Crippen LogP) is 2.37. The molecule has 1 aromatic carbocycles. The maximum atomic E-state index is 13.7. The largest absolute Gasteiger partial charge is 0.319 e. The van der Waals surface area contributed by atoms with Gasteiger partial charge in [-0.2, -0.15) is 0 Å². The number of benzene rings is 1. The Balaban J connectivity index is 2.19. The standard InChI is InChI=1S/C13H9FN2O2S2/c1-2-16-12(18)10(20-13(16)19)8-6-4-3-5-7(14)9(6)15-11(8)17/h3-5H,2H2,1H3,(H,15,17)/b10-8-. The maximum Gasteiger partial charge on any atom is 0.266 e. The Morgan fingerprint density at radius 3 is 2.80 bits per heavy atom. The van der Waals surface area contributed by atoms with E-state index in [4.69, 9.17) is 12.2 Å². The molecule has 0 aliphatic carbocycles. The fraction of sp³-hybridized carbons (Fsp3) is 0.154. The number of hydrogen-bond donors (Lipinski definition) is 1. The molecule has 0 radical (unpaired) electrons. The van der Waals surface area contributed by atoms with Crippen molar-refractivity contribution in [3.63, 3.8) is 0 Å². The van der Waals surface area contributed by atoms with Crippen LogP contribution in [-0.4, -0.2) is 27.6 Å². The first-order valence-electron chi connectivity index (χ1n) is 5.92. The average molecular weight is 308 g/mol. The van der Waals surface area contributed by atoms with Crippen LogP contribution in [0.25, 0.3) is 5.57 Å². The van der Waals surface area contributed by atoms with Crippen LogP contribution in [0.4, 0.5) is 10.1 Å². The summed E-state index contributed by atoms with van der Waals surface area (Å²) in [6.07, 6.45) is 0. The summed E-state index contributed by atoms with van der Waals surface area (Å²) in [7, 11) is 0. The SMILES string of the molecule is CCN1C(=O)/C(=C2/C(=O)Nc3c(F)cccc32)SC1=S. The van der Waals surface area contributed by atoms with Crippen LogP contribution in [-0.2, 0) is 9.59 Å². The van der Waals surface area contributed by atoms with Gasteiger partial charge >= 0.3 is 0 Å². The van der Waals surface area contributed by atoms with Gasteiger partial charge in [0.1, 0.15) is 10.1 Å². The number of nitrogens with zero attached hydrogens (tertiary/aromatic N) is 1. The van der Waals surface area contributed by atoms with E-state index < -0.39 is 11.7 Å². The lowest BCUT2D eigenvalue weighted by atomic mass is 10.1. The highest BCUT2D eigenvalue weighted by molar-refractivity contribution is 8.26. The molecule has 20 heavy (non-hydrogen) atoms.